The van der Waals surface area contributed by atoms with E-state index >= 15 is 0 Å². The van der Waals surface area contributed by atoms with E-state index in [-0.39, 0.29) is 12.5 Å². The van der Waals surface area contributed by atoms with E-state index in [1.165, 1.54) is 16.9 Å². The number of thiophene rings is 1. The average Bonchev–Trinajstić information content (AvgIpc) is 2.85. The molecule has 1 aromatic rings. The van der Waals surface area contributed by atoms with E-state index in [1.54, 1.807) is 16.2 Å². The lowest BCUT2D eigenvalue weighted by atomic mass is 9.72. The number of carbonyl (C=O) groups excluding carboxylic acids is 1. The van der Waals surface area contributed by atoms with Gasteiger partial charge in [-0.3, -0.25) is 4.79 Å². The van der Waals surface area contributed by atoms with Crippen molar-refractivity contribution in [2.75, 3.05) is 13.1 Å². The molecule has 1 amide bonds. The summed E-state index contributed by atoms with van der Waals surface area (Å²) in [6.45, 7) is 9.56. The van der Waals surface area contributed by atoms with Gasteiger partial charge in [0.05, 0.1) is 10.9 Å². The highest BCUT2D eigenvalue weighted by Gasteiger charge is 2.30. The molecule has 1 heterocycles. The first-order valence-electron chi connectivity index (χ1n) is 7.64. The second-order valence-corrected chi connectivity index (χ2v) is 7.98. The first-order chi connectivity index (χ1) is 9.86. The van der Waals surface area contributed by atoms with Crippen molar-refractivity contribution in [3.8, 4) is 6.07 Å². The van der Waals surface area contributed by atoms with E-state index in [4.69, 9.17) is 5.26 Å². The average molecular weight is 304 g/mol. The zero-order valence-electron chi connectivity index (χ0n) is 13.4. The molecule has 1 atom stereocenters. The first-order valence-corrected chi connectivity index (χ1v) is 8.46. The molecule has 0 aliphatic heterocycles. The third-order valence-corrected chi connectivity index (χ3v) is 5.67. The quantitative estimate of drug-likeness (QED) is 0.795. The van der Waals surface area contributed by atoms with E-state index in [2.05, 4.69) is 32.9 Å². The third kappa shape index (κ3) is 3.47. The lowest BCUT2D eigenvalue weighted by Crippen LogP contribution is -2.30. The van der Waals surface area contributed by atoms with Crippen LogP contribution in [0.25, 0.3) is 0 Å². The minimum atomic E-state index is 0.00533. The molecule has 4 heteroatoms. The summed E-state index contributed by atoms with van der Waals surface area (Å²) in [6, 6.07) is 4.14. The Morgan fingerprint density at radius 3 is 2.81 bits per heavy atom. The Kier molecular flexibility index (Phi) is 4.73. The van der Waals surface area contributed by atoms with Gasteiger partial charge >= 0.3 is 0 Å². The Balaban J connectivity index is 2.19. The summed E-state index contributed by atoms with van der Waals surface area (Å²) in [7, 11) is 0. The van der Waals surface area contributed by atoms with E-state index < -0.39 is 0 Å². The van der Waals surface area contributed by atoms with Crippen LogP contribution < -0.4 is 0 Å². The maximum atomic E-state index is 12.4. The minimum absolute atomic E-state index is 0.00533. The van der Waals surface area contributed by atoms with Crippen LogP contribution in [-0.2, 0) is 12.8 Å². The molecule has 3 nitrogen and oxygen atoms in total. The monoisotopic (exact) mass is 304 g/mol. The molecule has 1 aliphatic carbocycles. The summed E-state index contributed by atoms with van der Waals surface area (Å²) in [5.74, 6) is 0.690. The number of nitrogens with zero attached hydrogens (tertiary/aromatic N) is 2. The summed E-state index contributed by atoms with van der Waals surface area (Å²) in [5, 5.41) is 8.81. The van der Waals surface area contributed by atoms with Crippen molar-refractivity contribution in [1.29, 1.82) is 5.26 Å². The van der Waals surface area contributed by atoms with E-state index in [0.29, 0.717) is 17.9 Å². The molecule has 2 rings (SSSR count). The third-order valence-electron chi connectivity index (χ3n) is 4.45. The maximum absolute atomic E-state index is 12.4. The van der Waals surface area contributed by atoms with Gasteiger partial charge in [-0.25, -0.2) is 0 Å². The van der Waals surface area contributed by atoms with Crippen LogP contribution in [0.1, 0.15) is 54.2 Å². The van der Waals surface area contributed by atoms with Crippen LogP contribution in [0.3, 0.4) is 0 Å². The summed E-state index contributed by atoms with van der Waals surface area (Å²) in [6.07, 6.45) is 3.37. The molecule has 0 saturated carbocycles. The van der Waals surface area contributed by atoms with Gasteiger partial charge in [0.2, 0.25) is 0 Å². The molecule has 1 aromatic heterocycles. The van der Waals surface area contributed by atoms with Gasteiger partial charge in [0.25, 0.3) is 5.91 Å². The SMILES string of the molecule is CCN(CC#N)C(=O)c1cc2c(s1)CCC(C(C)(C)C)C2. The topological polar surface area (TPSA) is 44.1 Å². The fourth-order valence-corrected chi connectivity index (χ4v) is 4.11. The molecule has 1 aliphatic rings. The van der Waals surface area contributed by atoms with Crippen molar-refractivity contribution in [3.63, 3.8) is 0 Å². The fourth-order valence-electron chi connectivity index (χ4n) is 2.94. The van der Waals surface area contributed by atoms with Gasteiger partial charge in [-0.05, 0) is 49.1 Å². The van der Waals surface area contributed by atoms with Crippen LogP contribution in [0.2, 0.25) is 0 Å². The number of nitriles is 1. The number of hydrogen-bond donors (Lipinski definition) is 0. The van der Waals surface area contributed by atoms with E-state index in [9.17, 15) is 4.79 Å². The molecule has 0 saturated heterocycles. The van der Waals surface area contributed by atoms with Crippen LogP contribution >= 0.6 is 11.3 Å². The van der Waals surface area contributed by atoms with Gasteiger partial charge in [0.15, 0.2) is 0 Å². The lowest BCUT2D eigenvalue weighted by Gasteiger charge is -2.33. The predicted molar refractivity (Wildman–Crippen MR) is 86.5 cm³/mol. The summed E-state index contributed by atoms with van der Waals surface area (Å²) < 4.78 is 0. The minimum Gasteiger partial charge on any atom is -0.325 e. The van der Waals surface area contributed by atoms with Crippen molar-refractivity contribution >= 4 is 17.2 Å². The molecule has 1 unspecified atom stereocenters. The molecular weight excluding hydrogens is 280 g/mol. The van der Waals surface area contributed by atoms with E-state index in [0.717, 1.165) is 17.7 Å². The molecule has 0 spiro atoms. The normalized spacial score (nSPS) is 18.0. The van der Waals surface area contributed by atoms with Crippen LogP contribution in [0.15, 0.2) is 6.07 Å². The number of rotatable bonds is 3. The number of amides is 1. The maximum Gasteiger partial charge on any atom is 0.264 e. The summed E-state index contributed by atoms with van der Waals surface area (Å²) in [4.78, 5) is 16.2. The predicted octanol–water partition coefficient (Wildman–Crippen LogP) is 3.88. The highest BCUT2D eigenvalue weighted by atomic mass is 32.1. The summed E-state index contributed by atoms with van der Waals surface area (Å²) >= 11 is 1.63. The van der Waals surface area contributed by atoms with Crippen LogP contribution in [0.5, 0.6) is 0 Å². The zero-order valence-corrected chi connectivity index (χ0v) is 14.2. The molecule has 0 N–H and O–H groups in total. The first kappa shape index (κ1) is 16.0. The largest absolute Gasteiger partial charge is 0.325 e. The van der Waals surface area contributed by atoms with Gasteiger partial charge in [-0.1, -0.05) is 20.8 Å². The second-order valence-electron chi connectivity index (χ2n) is 6.84. The van der Waals surface area contributed by atoms with Gasteiger partial charge in [-0.15, -0.1) is 11.3 Å². The molecule has 0 radical (unpaired) electrons. The second kappa shape index (κ2) is 6.19. The van der Waals surface area contributed by atoms with Crippen molar-refractivity contribution in [2.45, 2.75) is 47.0 Å². The van der Waals surface area contributed by atoms with Crippen molar-refractivity contribution < 1.29 is 4.79 Å². The van der Waals surface area contributed by atoms with Crippen LogP contribution in [0.4, 0.5) is 0 Å². The number of hydrogen-bond acceptors (Lipinski definition) is 3. The Morgan fingerprint density at radius 2 is 2.24 bits per heavy atom. The molecular formula is C17H24N2OS. The zero-order chi connectivity index (χ0) is 15.6. The van der Waals surface area contributed by atoms with Crippen LogP contribution in [0, 0.1) is 22.7 Å². The van der Waals surface area contributed by atoms with Gasteiger partial charge in [0.1, 0.15) is 6.54 Å². The van der Waals surface area contributed by atoms with Crippen molar-refractivity contribution in [2.24, 2.45) is 11.3 Å². The fraction of sp³-hybridized carbons (Fsp3) is 0.647. The van der Waals surface area contributed by atoms with Crippen LogP contribution in [-0.4, -0.2) is 23.9 Å². The summed E-state index contributed by atoms with van der Waals surface area (Å²) in [5.41, 5.74) is 1.67. The highest BCUT2D eigenvalue weighted by molar-refractivity contribution is 7.14. The molecule has 21 heavy (non-hydrogen) atoms. The molecule has 114 valence electrons. The Labute approximate surface area is 131 Å². The lowest BCUT2D eigenvalue weighted by molar-refractivity contribution is 0.0789. The standard InChI is InChI=1S/C17H24N2OS/c1-5-19(9-8-18)16(20)15-11-12-10-13(17(2,3)4)6-7-14(12)21-15/h11,13H,5-7,9-10H2,1-4H3. The van der Waals surface area contributed by atoms with Crippen molar-refractivity contribution in [3.05, 3.63) is 21.4 Å². The Bertz CT molecular complexity index is 562. The molecule has 0 fully saturated rings. The number of aryl methyl sites for hydroxylation is 1. The van der Waals surface area contributed by atoms with Gasteiger partial charge in [0, 0.05) is 11.4 Å². The number of fused-ring (bicyclic) bond motifs is 1. The van der Waals surface area contributed by atoms with Gasteiger partial charge in [-0.2, -0.15) is 5.26 Å². The van der Waals surface area contributed by atoms with E-state index in [1.807, 2.05) is 6.92 Å². The Hall–Kier alpha value is -1.34. The Morgan fingerprint density at radius 1 is 1.52 bits per heavy atom. The number of carbonyl (C=O) groups is 1. The molecule has 0 bridgehead atoms. The van der Waals surface area contributed by atoms with Crippen molar-refractivity contribution in [1.82, 2.24) is 4.90 Å². The highest BCUT2D eigenvalue weighted by Crippen LogP contribution is 2.40. The van der Waals surface area contributed by atoms with Gasteiger partial charge < -0.3 is 4.90 Å². The molecule has 0 aromatic carbocycles. The smallest absolute Gasteiger partial charge is 0.264 e.